The number of nitrogens with one attached hydrogen (secondary N) is 1. The van der Waals surface area contributed by atoms with E-state index in [2.05, 4.69) is 34.0 Å². The van der Waals surface area contributed by atoms with E-state index in [0.29, 0.717) is 6.10 Å². The molecule has 2 aliphatic rings. The van der Waals surface area contributed by atoms with Crippen LogP contribution in [0.4, 0.5) is 0 Å². The molecule has 2 rings (SSSR count). The molecule has 2 heterocycles. The lowest BCUT2D eigenvalue weighted by Crippen LogP contribution is -2.57. The zero-order valence-electron chi connectivity index (χ0n) is 17.1. The molecule has 0 aromatic carbocycles. The molecule has 0 atom stereocenters. The Morgan fingerprint density at radius 1 is 1.15 bits per heavy atom. The normalized spacial score (nSPS) is 21.2. The number of guanidine groups is 1. The summed E-state index contributed by atoms with van der Waals surface area (Å²) in [5.41, 5.74) is 0.0858. The Balaban J connectivity index is 1.72. The predicted octanol–water partition coefficient (Wildman–Crippen LogP) is 1.19. The molecule has 0 saturated carbocycles. The Kier molecular flexibility index (Phi) is 9.11. The average molecular weight is 371 g/mol. The Labute approximate surface area is 159 Å². The fraction of sp³-hybridized carbons (Fsp3) is 0.947. The highest BCUT2D eigenvalue weighted by atomic mass is 16.5. The maximum Gasteiger partial charge on any atom is 0.193 e. The first-order valence-corrected chi connectivity index (χ1v) is 9.96. The van der Waals surface area contributed by atoms with E-state index in [-0.39, 0.29) is 5.54 Å². The van der Waals surface area contributed by atoms with Crippen LogP contribution in [0.1, 0.15) is 33.1 Å². The molecule has 7 heteroatoms. The summed E-state index contributed by atoms with van der Waals surface area (Å²) < 4.78 is 16.5. The number of morpholine rings is 1. The summed E-state index contributed by atoms with van der Waals surface area (Å²) >= 11 is 0. The molecule has 2 saturated heterocycles. The van der Waals surface area contributed by atoms with E-state index in [1.54, 1.807) is 7.11 Å². The van der Waals surface area contributed by atoms with E-state index in [1.165, 1.54) is 0 Å². The van der Waals surface area contributed by atoms with E-state index >= 15 is 0 Å². The van der Waals surface area contributed by atoms with Crippen molar-refractivity contribution in [1.29, 1.82) is 0 Å². The number of nitrogens with zero attached hydrogens (tertiary/aromatic N) is 3. The van der Waals surface area contributed by atoms with E-state index in [9.17, 15) is 0 Å². The molecule has 152 valence electrons. The molecule has 0 unspecified atom stereocenters. The number of methoxy groups -OCH3 is 1. The van der Waals surface area contributed by atoms with Crippen molar-refractivity contribution in [3.05, 3.63) is 0 Å². The molecule has 0 bridgehead atoms. The second kappa shape index (κ2) is 11.1. The molecular formula is C19H38N4O3. The van der Waals surface area contributed by atoms with Gasteiger partial charge in [0.05, 0.1) is 19.3 Å². The summed E-state index contributed by atoms with van der Waals surface area (Å²) in [6.07, 6.45) is 3.45. The fourth-order valence-corrected chi connectivity index (χ4v) is 3.60. The monoisotopic (exact) mass is 370 g/mol. The lowest BCUT2D eigenvalue weighted by atomic mass is 10.0. The number of aliphatic imine (C=N–C) groups is 1. The summed E-state index contributed by atoms with van der Waals surface area (Å²) in [6, 6.07) is 0. The maximum absolute atomic E-state index is 5.95. The minimum Gasteiger partial charge on any atom is -0.385 e. The highest BCUT2D eigenvalue weighted by Gasteiger charge is 2.29. The van der Waals surface area contributed by atoms with Crippen molar-refractivity contribution in [2.45, 2.75) is 44.8 Å². The van der Waals surface area contributed by atoms with E-state index in [0.717, 1.165) is 84.4 Å². The number of rotatable bonds is 8. The molecule has 0 aliphatic carbocycles. The van der Waals surface area contributed by atoms with Crippen LogP contribution in [0.3, 0.4) is 0 Å². The smallest absolute Gasteiger partial charge is 0.193 e. The third kappa shape index (κ3) is 6.68. The summed E-state index contributed by atoms with van der Waals surface area (Å²) in [5, 5.41) is 3.59. The summed E-state index contributed by atoms with van der Waals surface area (Å²) in [5.74, 6) is 1.00. The van der Waals surface area contributed by atoms with Gasteiger partial charge in [-0.1, -0.05) is 0 Å². The van der Waals surface area contributed by atoms with Crippen molar-refractivity contribution in [2.24, 2.45) is 4.99 Å². The van der Waals surface area contributed by atoms with Crippen molar-refractivity contribution in [3.8, 4) is 0 Å². The van der Waals surface area contributed by atoms with Gasteiger partial charge in [-0.15, -0.1) is 0 Å². The van der Waals surface area contributed by atoms with Crippen LogP contribution in [0.2, 0.25) is 0 Å². The second-order valence-electron chi connectivity index (χ2n) is 7.72. The van der Waals surface area contributed by atoms with Gasteiger partial charge in [0.15, 0.2) is 5.96 Å². The zero-order chi connectivity index (χ0) is 18.8. The highest BCUT2D eigenvalue weighted by molar-refractivity contribution is 5.80. The molecule has 2 aliphatic heterocycles. The van der Waals surface area contributed by atoms with Crippen LogP contribution in [-0.4, -0.2) is 101 Å². The van der Waals surface area contributed by atoms with Gasteiger partial charge in [0.2, 0.25) is 0 Å². The van der Waals surface area contributed by atoms with Gasteiger partial charge in [0.25, 0.3) is 0 Å². The summed E-state index contributed by atoms with van der Waals surface area (Å²) in [4.78, 5) is 9.35. The third-order valence-corrected chi connectivity index (χ3v) is 5.35. The van der Waals surface area contributed by atoms with Gasteiger partial charge < -0.3 is 24.4 Å². The number of hydrogen-bond acceptors (Lipinski definition) is 5. The Bertz CT molecular complexity index is 417. The highest BCUT2D eigenvalue weighted by Crippen LogP contribution is 2.17. The average Bonchev–Trinajstić information content (AvgIpc) is 2.67. The standard InChI is InChI=1S/C19H38N4O3/c1-19(2,23-10-14-25-15-11-23)16-21-18(20-3)22-8-6-17(7-9-22)26-13-5-12-24-4/h17H,5-16H2,1-4H3,(H,20,21). The van der Waals surface area contributed by atoms with Crippen LogP contribution >= 0.6 is 0 Å². The fourth-order valence-electron chi connectivity index (χ4n) is 3.60. The number of hydrogen-bond donors (Lipinski definition) is 1. The van der Waals surface area contributed by atoms with Crippen molar-refractivity contribution in [3.63, 3.8) is 0 Å². The SMILES string of the molecule is CN=C(NCC(C)(C)N1CCOCC1)N1CCC(OCCCOC)CC1. The van der Waals surface area contributed by atoms with Crippen LogP contribution in [0, 0.1) is 0 Å². The molecule has 2 fully saturated rings. The lowest BCUT2D eigenvalue weighted by molar-refractivity contribution is -0.00887. The zero-order valence-corrected chi connectivity index (χ0v) is 17.1. The van der Waals surface area contributed by atoms with Crippen molar-refractivity contribution in [1.82, 2.24) is 15.1 Å². The van der Waals surface area contributed by atoms with Gasteiger partial charge >= 0.3 is 0 Å². The van der Waals surface area contributed by atoms with Gasteiger partial charge in [-0.3, -0.25) is 9.89 Å². The topological polar surface area (TPSA) is 58.6 Å². The van der Waals surface area contributed by atoms with Crippen LogP contribution in [0.15, 0.2) is 4.99 Å². The van der Waals surface area contributed by atoms with Gasteiger partial charge in [0, 0.05) is 65.6 Å². The maximum atomic E-state index is 5.95. The lowest BCUT2D eigenvalue weighted by Gasteiger charge is -2.42. The number of likely N-dealkylation sites (tertiary alicyclic amines) is 1. The molecule has 1 N–H and O–H groups in total. The number of ether oxygens (including phenoxy) is 3. The Morgan fingerprint density at radius 3 is 2.46 bits per heavy atom. The molecule has 0 spiro atoms. The molecule has 0 radical (unpaired) electrons. The Hall–Kier alpha value is -0.890. The Morgan fingerprint density at radius 2 is 1.85 bits per heavy atom. The number of piperidine rings is 1. The summed E-state index contributed by atoms with van der Waals surface area (Å²) in [6.45, 7) is 12.7. The third-order valence-electron chi connectivity index (χ3n) is 5.35. The van der Waals surface area contributed by atoms with E-state index < -0.39 is 0 Å². The molecule has 26 heavy (non-hydrogen) atoms. The quantitative estimate of drug-likeness (QED) is 0.393. The first-order chi connectivity index (χ1) is 12.6. The van der Waals surface area contributed by atoms with Gasteiger partial charge in [-0.05, 0) is 33.1 Å². The van der Waals surface area contributed by atoms with Gasteiger partial charge in [-0.2, -0.15) is 0 Å². The first-order valence-electron chi connectivity index (χ1n) is 9.96. The first kappa shape index (κ1) is 21.4. The van der Waals surface area contributed by atoms with Gasteiger partial charge in [0.1, 0.15) is 0 Å². The van der Waals surface area contributed by atoms with Crippen LogP contribution in [0.5, 0.6) is 0 Å². The van der Waals surface area contributed by atoms with E-state index in [1.807, 2.05) is 7.05 Å². The van der Waals surface area contributed by atoms with Crippen molar-refractivity contribution in [2.75, 3.05) is 73.3 Å². The van der Waals surface area contributed by atoms with Crippen LogP contribution in [0.25, 0.3) is 0 Å². The van der Waals surface area contributed by atoms with Crippen molar-refractivity contribution < 1.29 is 14.2 Å². The second-order valence-corrected chi connectivity index (χ2v) is 7.72. The van der Waals surface area contributed by atoms with E-state index in [4.69, 9.17) is 14.2 Å². The molecular weight excluding hydrogens is 332 g/mol. The van der Waals surface area contributed by atoms with Crippen LogP contribution in [-0.2, 0) is 14.2 Å². The summed E-state index contributed by atoms with van der Waals surface area (Å²) in [7, 11) is 3.61. The minimum atomic E-state index is 0.0858. The van der Waals surface area contributed by atoms with Crippen molar-refractivity contribution >= 4 is 5.96 Å². The van der Waals surface area contributed by atoms with Crippen LogP contribution < -0.4 is 5.32 Å². The minimum absolute atomic E-state index is 0.0858. The molecule has 0 aromatic rings. The molecule has 0 aromatic heterocycles. The molecule has 7 nitrogen and oxygen atoms in total. The van der Waals surface area contributed by atoms with Gasteiger partial charge in [-0.25, -0.2) is 0 Å². The predicted molar refractivity (Wildman–Crippen MR) is 105 cm³/mol. The largest absolute Gasteiger partial charge is 0.385 e. The molecule has 0 amide bonds.